The van der Waals surface area contributed by atoms with Gasteiger partial charge in [-0.05, 0) is 70.9 Å². The SMILES string of the molecule is C=C(C)CCCCCCN(C(=C)C=N/C(=C(\C)C1=CCCC=C1)c1ccccc1)C(C)C. The van der Waals surface area contributed by atoms with Crippen molar-refractivity contribution in [3.8, 4) is 0 Å². The lowest BCUT2D eigenvalue weighted by molar-refractivity contribution is 0.292. The van der Waals surface area contributed by atoms with Gasteiger partial charge < -0.3 is 4.90 Å². The zero-order chi connectivity index (χ0) is 23.3. The molecule has 0 N–H and O–H groups in total. The second-order valence-corrected chi connectivity index (χ2v) is 9.14. The Labute approximate surface area is 196 Å². The fraction of sp³-hybridized carbons (Fsp3) is 0.433. The Kier molecular flexibility index (Phi) is 11.0. The van der Waals surface area contributed by atoms with Gasteiger partial charge in [0.05, 0.1) is 11.9 Å². The third-order valence-electron chi connectivity index (χ3n) is 5.92. The van der Waals surface area contributed by atoms with Crippen molar-refractivity contribution in [2.75, 3.05) is 6.54 Å². The number of hydrogen-bond acceptors (Lipinski definition) is 2. The van der Waals surface area contributed by atoms with Crippen molar-refractivity contribution >= 4 is 11.9 Å². The Balaban J connectivity index is 2.11. The van der Waals surface area contributed by atoms with Crippen LogP contribution in [-0.2, 0) is 0 Å². The first-order chi connectivity index (χ1) is 15.4. The van der Waals surface area contributed by atoms with Crippen molar-refractivity contribution in [2.24, 2.45) is 4.99 Å². The number of rotatable bonds is 13. The van der Waals surface area contributed by atoms with Crippen molar-refractivity contribution in [1.29, 1.82) is 0 Å². The summed E-state index contributed by atoms with van der Waals surface area (Å²) in [6.45, 7) is 18.1. The third kappa shape index (κ3) is 8.49. The molecule has 2 nitrogen and oxygen atoms in total. The molecule has 0 radical (unpaired) electrons. The minimum atomic E-state index is 0.401. The van der Waals surface area contributed by atoms with Gasteiger partial charge in [0.25, 0.3) is 0 Å². The van der Waals surface area contributed by atoms with E-state index in [1.807, 2.05) is 6.21 Å². The summed E-state index contributed by atoms with van der Waals surface area (Å²) in [5, 5.41) is 0. The van der Waals surface area contributed by atoms with Crippen molar-refractivity contribution in [3.63, 3.8) is 0 Å². The molecule has 172 valence electrons. The first-order valence-corrected chi connectivity index (χ1v) is 12.2. The van der Waals surface area contributed by atoms with E-state index < -0.39 is 0 Å². The molecule has 0 bridgehead atoms. The normalized spacial score (nSPS) is 14.5. The van der Waals surface area contributed by atoms with Crippen LogP contribution < -0.4 is 0 Å². The molecule has 0 spiro atoms. The molecular weight excluding hydrogens is 388 g/mol. The molecule has 0 aliphatic heterocycles. The largest absolute Gasteiger partial charge is 0.368 e. The molecule has 1 aliphatic rings. The Morgan fingerprint density at radius 1 is 1.03 bits per heavy atom. The molecule has 0 aromatic heterocycles. The fourth-order valence-electron chi connectivity index (χ4n) is 4.02. The number of allylic oxidation sites excluding steroid dienone is 7. The minimum absolute atomic E-state index is 0.401. The van der Waals surface area contributed by atoms with Crippen LogP contribution in [0.4, 0.5) is 0 Å². The summed E-state index contributed by atoms with van der Waals surface area (Å²) < 4.78 is 0. The number of benzene rings is 1. The fourth-order valence-corrected chi connectivity index (χ4v) is 4.02. The summed E-state index contributed by atoms with van der Waals surface area (Å²) in [4.78, 5) is 7.35. The van der Waals surface area contributed by atoms with Crippen LogP contribution in [0.25, 0.3) is 5.70 Å². The van der Waals surface area contributed by atoms with Crippen LogP contribution in [0.5, 0.6) is 0 Å². The summed E-state index contributed by atoms with van der Waals surface area (Å²) in [5.74, 6) is 0. The predicted octanol–water partition coefficient (Wildman–Crippen LogP) is 8.52. The van der Waals surface area contributed by atoms with E-state index in [1.54, 1.807) is 0 Å². The maximum Gasteiger partial charge on any atom is 0.0737 e. The molecule has 1 aliphatic carbocycles. The van der Waals surface area contributed by atoms with E-state index in [1.165, 1.54) is 42.4 Å². The van der Waals surface area contributed by atoms with Gasteiger partial charge in [0, 0.05) is 23.8 Å². The zero-order valence-electron chi connectivity index (χ0n) is 20.7. The topological polar surface area (TPSA) is 15.6 Å². The highest BCUT2D eigenvalue weighted by Crippen LogP contribution is 2.28. The number of unbranched alkanes of at least 4 members (excludes halogenated alkanes) is 3. The highest BCUT2D eigenvalue weighted by Gasteiger charge is 2.12. The molecule has 1 aromatic rings. The molecule has 0 fully saturated rings. The van der Waals surface area contributed by atoms with Gasteiger partial charge in [-0.1, -0.05) is 73.6 Å². The quantitative estimate of drug-likeness (QED) is 0.174. The Bertz CT molecular complexity index is 865. The zero-order valence-corrected chi connectivity index (χ0v) is 20.7. The van der Waals surface area contributed by atoms with E-state index in [-0.39, 0.29) is 0 Å². The van der Waals surface area contributed by atoms with Crippen molar-refractivity contribution in [1.82, 2.24) is 4.90 Å². The van der Waals surface area contributed by atoms with E-state index in [9.17, 15) is 0 Å². The monoisotopic (exact) mass is 430 g/mol. The van der Waals surface area contributed by atoms with Crippen LogP contribution in [0.15, 0.2) is 89.1 Å². The van der Waals surface area contributed by atoms with E-state index in [4.69, 9.17) is 4.99 Å². The van der Waals surface area contributed by atoms with E-state index >= 15 is 0 Å². The lowest BCUT2D eigenvalue weighted by Crippen LogP contribution is -2.31. The van der Waals surface area contributed by atoms with Crippen molar-refractivity contribution < 1.29 is 0 Å². The van der Waals surface area contributed by atoms with Gasteiger partial charge in [-0.3, -0.25) is 4.99 Å². The molecule has 0 unspecified atom stereocenters. The van der Waals surface area contributed by atoms with Crippen LogP contribution >= 0.6 is 0 Å². The first kappa shape index (κ1) is 25.6. The molecule has 0 amide bonds. The van der Waals surface area contributed by atoms with Gasteiger partial charge in [0.1, 0.15) is 0 Å². The number of hydrogen-bond donors (Lipinski definition) is 0. The second kappa shape index (κ2) is 13.7. The lowest BCUT2D eigenvalue weighted by Gasteiger charge is -2.29. The highest BCUT2D eigenvalue weighted by atomic mass is 15.2. The smallest absolute Gasteiger partial charge is 0.0737 e. The molecule has 2 heteroatoms. The maximum absolute atomic E-state index is 4.98. The number of aliphatic imine (C=N–C) groups is 1. The molecule has 32 heavy (non-hydrogen) atoms. The van der Waals surface area contributed by atoms with Gasteiger partial charge in [-0.25, -0.2) is 0 Å². The Hall–Kier alpha value is -2.61. The molecule has 2 rings (SSSR count). The van der Waals surface area contributed by atoms with Crippen LogP contribution in [0, 0.1) is 0 Å². The number of nitrogens with zero attached hydrogens (tertiary/aromatic N) is 2. The van der Waals surface area contributed by atoms with Crippen LogP contribution in [0.3, 0.4) is 0 Å². The summed E-state index contributed by atoms with van der Waals surface area (Å²) in [6.07, 6.45) is 17.0. The summed E-state index contributed by atoms with van der Waals surface area (Å²) in [5.41, 5.74) is 6.92. The summed E-state index contributed by atoms with van der Waals surface area (Å²) >= 11 is 0. The molecular formula is C30H42N2. The van der Waals surface area contributed by atoms with Crippen LogP contribution in [0.1, 0.15) is 78.2 Å². The molecule has 0 saturated heterocycles. The molecule has 0 atom stereocenters. The van der Waals surface area contributed by atoms with Gasteiger partial charge >= 0.3 is 0 Å². The van der Waals surface area contributed by atoms with E-state index in [0.717, 1.165) is 42.8 Å². The average Bonchev–Trinajstić information content (AvgIpc) is 2.79. The summed E-state index contributed by atoms with van der Waals surface area (Å²) in [6, 6.07) is 10.9. The van der Waals surface area contributed by atoms with Gasteiger partial charge in [-0.15, -0.1) is 6.58 Å². The maximum atomic E-state index is 4.98. The standard InChI is InChI=1S/C30H42N2/c1-24(2)17-11-7-8-16-22-32(25(3)4)26(5)23-31-30(29-20-14-10-15-21-29)27(6)28-18-12-9-13-19-28/h10,12,14-15,18-21,23,25H,1,5,7-9,11,13,16-17,22H2,2-4,6H3/b30-27+,31-23?. The molecule has 0 saturated carbocycles. The Morgan fingerprint density at radius 2 is 1.75 bits per heavy atom. The second-order valence-electron chi connectivity index (χ2n) is 9.14. The highest BCUT2D eigenvalue weighted by molar-refractivity contribution is 5.85. The average molecular weight is 431 g/mol. The Morgan fingerprint density at radius 3 is 2.38 bits per heavy atom. The first-order valence-electron chi connectivity index (χ1n) is 12.2. The van der Waals surface area contributed by atoms with Crippen LogP contribution in [0.2, 0.25) is 0 Å². The van der Waals surface area contributed by atoms with Gasteiger partial charge in [0.15, 0.2) is 0 Å². The third-order valence-corrected chi connectivity index (χ3v) is 5.92. The predicted molar refractivity (Wildman–Crippen MR) is 143 cm³/mol. The lowest BCUT2D eigenvalue weighted by atomic mass is 9.96. The van der Waals surface area contributed by atoms with Crippen molar-refractivity contribution in [2.45, 2.75) is 78.7 Å². The van der Waals surface area contributed by atoms with Crippen molar-refractivity contribution in [3.05, 3.63) is 89.7 Å². The minimum Gasteiger partial charge on any atom is -0.368 e. The van der Waals surface area contributed by atoms with E-state index in [0.29, 0.717) is 6.04 Å². The molecule has 1 aromatic carbocycles. The summed E-state index contributed by atoms with van der Waals surface area (Å²) in [7, 11) is 0. The van der Waals surface area contributed by atoms with Gasteiger partial charge in [-0.2, -0.15) is 0 Å². The van der Waals surface area contributed by atoms with E-state index in [2.05, 4.69) is 94.3 Å². The van der Waals surface area contributed by atoms with Crippen LogP contribution in [-0.4, -0.2) is 23.7 Å². The van der Waals surface area contributed by atoms with Gasteiger partial charge in [0.2, 0.25) is 0 Å². The molecule has 0 heterocycles.